The Morgan fingerprint density at radius 1 is 1.38 bits per heavy atom. The highest BCUT2D eigenvalue weighted by atomic mass is 16.5. The molecule has 0 unspecified atom stereocenters. The molecule has 0 aliphatic heterocycles. The van der Waals surface area contributed by atoms with Gasteiger partial charge in [0.15, 0.2) is 5.69 Å². The van der Waals surface area contributed by atoms with Gasteiger partial charge in [0.1, 0.15) is 5.82 Å². The van der Waals surface area contributed by atoms with Crippen LogP contribution in [0.2, 0.25) is 0 Å². The van der Waals surface area contributed by atoms with Crippen LogP contribution in [0.25, 0.3) is 0 Å². The third-order valence-corrected chi connectivity index (χ3v) is 3.35. The lowest BCUT2D eigenvalue weighted by Crippen LogP contribution is -2.20. The van der Waals surface area contributed by atoms with E-state index in [0.717, 1.165) is 13.0 Å². The molecule has 0 atom stereocenters. The van der Waals surface area contributed by atoms with Crippen LogP contribution >= 0.6 is 0 Å². The van der Waals surface area contributed by atoms with Crippen LogP contribution in [0.5, 0.6) is 0 Å². The van der Waals surface area contributed by atoms with Gasteiger partial charge in [-0.25, -0.2) is 9.78 Å². The molecule has 0 saturated heterocycles. The molecule has 0 radical (unpaired) electrons. The molecule has 0 amide bonds. The number of rotatable bonds is 6. The molecule has 0 aliphatic rings. The van der Waals surface area contributed by atoms with Crippen LogP contribution in [0.3, 0.4) is 0 Å². The number of methoxy groups -OCH3 is 1. The van der Waals surface area contributed by atoms with Gasteiger partial charge in [-0.1, -0.05) is 18.2 Å². The standard InChI is InChI=1S/C15H20N4O2/c1-18(12-7-4-3-5-8-12)9-6-10-19-11-17-13(14(19)16)15(20)21-2/h3-5,7-8,11H,6,9-10,16H2,1-2H3. The number of imidazole rings is 1. The normalized spacial score (nSPS) is 10.4. The quantitative estimate of drug-likeness (QED) is 0.820. The van der Waals surface area contributed by atoms with Crippen molar-refractivity contribution >= 4 is 17.5 Å². The van der Waals surface area contributed by atoms with Crippen LogP contribution in [-0.4, -0.2) is 36.2 Å². The van der Waals surface area contributed by atoms with Crippen LogP contribution in [0.15, 0.2) is 36.7 Å². The Morgan fingerprint density at radius 2 is 2.10 bits per heavy atom. The Bertz CT molecular complexity index is 595. The summed E-state index contributed by atoms with van der Waals surface area (Å²) in [4.78, 5) is 17.6. The fraction of sp³-hybridized carbons (Fsp3) is 0.333. The largest absolute Gasteiger partial charge is 0.464 e. The number of hydrogen-bond donors (Lipinski definition) is 1. The lowest BCUT2D eigenvalue weighted by molar-refractivity contribution is 0.0596. The predicted octanol–water partition coefficient (Wildman–Crippen LogP) is 1.78. The minimum absolute atomic E-state index is 0.175. The third-order valence-electron chi connectivity index (χ3n) is 3.35. The lowest BCUT2D eigenvalue weighted by atomic mass is 10.3. The molecule has 2 N–H and O–H groups in total. The maximum atomic E-state index is 11.4. The number of esters is 1. The van der Waals surface area contributed by atoms with Gasteiger partial charge < -0.3 is 19.9 Å². The number of anilines is 2. The molecule has 1 aromatic carbocycles. The van der Waals surface area contributed by atoms with E-state index >= 15 is 0 Å². The van der Waals surface area contributed by atoms with Crippen molar-refractivity contribution in [3.8, 4) is 0 Å². The Morgan fingerprint density at radius 3 is 2.76 bits per heavy atom. The molecule has 6 nitrogen and oxygen atoms in total. The average Bonchev–Trinajstić information content (AvgIpc) is 2.88. The first kappa shape index (κ1) is 14.9. The number of para-hydroxylation sites is 1. The van der Waals surface area contributed by atoms with Gasteiger partial charge >= 0.3 is 5.97 Å². The van der Waals surface area contributed by atoms with Gasteiger partial charge in [-0.2, -0.15) is 0 Å². The summed E-state index contributed by atoms with van der Waals surface area (Å²) in [5.74, 6) is -0.156. The molecule has 6 heteroatoms. The van der Waals surface area contributed by atoms with Crippen LogP contribution in [0.1, 0.15) is 16.9 Å². The molecule has 0 fully saturated rings. The Balaban J connectivity index is 1.89. The highest BCUT2D eigenvalue weighted by Gasteiger charge is 2.15. The summed E-state index contributed by atoms with van der Waals surface area (Å²) in [5.41, 5.74) is 7.24. The number of aryl methyl sites for hydroxylation is 1. The van der Waals surface area contributed by atoms with Crippen molar-refractivity contribution in [1.82, 2.24) is 9.55 Å². The number of nitrogens with zero attached hydrogens (tertiary/aromatic N) is 3. The lowest BCUT2D eigenvalue weighted by Gasteiger charge is -2.19. The van der Waals surface area contributed by atoms with Crippen molar-refractivity contribution in [2.24, 2.45) is 0 Å². The van der Waals surface area contributed by atoms with E-state index in [0.29, 0.717) is 12.4 Å². The zero-order chi connectivity index (χ0) is 15.2. The first-order valence-corrected chi connectivity index (χ1v) is 6.78. The van der Waals surface area contributed by atoms with Gasteiger partial charge in [-0.05, 0) is 18.6 Å². The van der Waals surface area contributed by atoms with E-state index in [-0.39, 0.29) is 5.69 Å². The molecule has 112 valence electrons. The number of nitrogens with two attached hydrogens (primary N) is 1. The smallest absolute Gasteiger partial charge is 0.360 e. The maximum absolute atomic E-state index is 11.4. The minimum Gasteiger partial charge on any atom is -0.464 e. The second-order valence-electron chi connectivity index (χ2n) is 4.77. The fourth-order valence-electron chi connectivity index (χ4n) is 2.11. The maximum Gasteiger partial charge on any atom is 0.360 e. The topological polar surface area (TPSA) is 73.4 Å². The summed E-state index contributed by atoms with van der Waals surface area (Å²) >= 11 is 0. The molecule has 0 bridgehead atoms. The first-order chi connectivity index (χ1) is 10.1. The van der Waals surface area contributed by atoms with E-state index in [1.165, 1.54) is 12.8 Å². The Labute approximate surface area is 124 Å². The van der Waals surface area contributed by atoms with Crippen molar-refractivity contribution in [1.29, 1.82) is 0 Å². The van der Waals surface area contributed by atoms with Gasteiger partial charge in [-0.3, -0.25) is 0 Å². The summed E-state index contributed by atoms with van der Waals surface area (Å²) in [6.45, 7) is 1.59. The molecule has 21 heavy (non-hydrogen) atoms. The summed E-state index contributed by atoms with van der Waals surface area (Å²) in [6, 6.07) is 10.2. The van der Waals surface area contributed by atoms with Crippen molar-refractivity contribution in [2.75, 3.05) is 31.3 Å². The summed E-state index contributed by atoms with van der Waals surface area (Å²) in [6.07, 6.45) is 2.47. The molecule has 2 rings (SSSR count). The second kappa shape index (κ2) is 6.78. The SMILES string of the molecule is COC(=O)c1ncn(CCCN(C)c2ccccc2)c1N. The number of ether oxygens (including phenoxy) is 1. The van der Waals surface area contributed by atoms with Crippen molar-refractivity contribution in [3.05, 3.63) is 42.4 Å². The number of nitrogen functional groups attached to an aromatic ring is 1. The number of carbonyl (C=O) groups excluding carboxylic acids is 1. The van der Waals surface area contributed by atoms with Crippen LogP contribution in [-0.2, 0) is 11.3 Å². The van der Waals surface area contributed by atoms with Gasteiger partial charge in [0.05, 0.1) is 13.4 Å². The highest BCUT2D eigenvalue weighted by Crippen LogP contribution is 2.14. The molecule has 1 aromatic heterocycles. The number of carbonyl (C=O) groups is 1. The van der Waals surface area contributed by atoms with E-state index < -0.39 is 5.97 Å². The molecule has 2 aromatic rings. The van der Waals surface area contributed by atoms with Gasteiger partial charge in [0.2, 0.25) is 0 Å². The number of benzene rings is 1. The number of aromatic nitrogens is 2. The van der Waals surface area contributed by atoms with Gasteiger partial charge in [0, 0.05) is 25.8 Å². The average molecular weight is 288 g/mol. The molecule has 0 spiro atoms. The van der Waals surface area contributed by atoms with E-state index in [9.17, 15) is 4.79 Å². The number of hydrogen-bond acceptors (Lipinski definition) is 5. The van der Waals surface area contributed by atoms with Crippen LogP contribution < -0.4 is 10.6 Å². The molecular formula is C15H20N4O2. The monoisotopic (exact) mass is 288 g/mol. The van der Waals surface area contributed by atoms with E-state index in [1.807, 2.05) is 25.2 Å². The van der Waals surface area contributed by atoms with E-state index in [2.05, 4.69) is 26.8 Å². The van der Waals surface area contributed by atoms with Crippen molar-refractivity contribution < 1.29 is 9.53 Å². The molecule has 0 aliphatic carbocycles. The third kappa shape index (κ3) is 3.53. The second-order valence-corrected chi connectivity index (χ2v) is 4.77. The van der Waals surface area contributed by atoms with Crippen molar-refractivity contribution in [3.63, 3.8) is 0 Å². The predicted molar refractivity (Wildman–Crippen MR) is 82.3 cm³/mol. The van der Waals surface area contributed by atoms with E-state index in [1.54, 1.807) is 10.9 Å². The zero-order valence-electron chi connectivity index (χ0n) is 12.3. The fourth-order valence-corrected chi connectivity index (χ4v) is 2.11. The summed E-state index contributed by atoms with van der Waals surface area (Å²) in [7, 11) is 3.36. The van der Waals surface area contributed by atoms with Gasteiger partial charge in [-0.15, -0.1) is 0 Å². The Kier molecular flexibility index (Phi) is 4.81. The molecular weight excluding hydrogens is 268 g/mol. The minimum atomic E-state index is -0.507. The first-order valence-electron chi connectivity index (χ1n) is 6.78. The van der Waals surface area contributed by atoms with Crippen LogP contribution in [0.4, 0.5) is 11.5 Å². The van der Waals surface area contributed by atoms with Crippen molar-refractivity contribution in [2.45, 2.75) is 13.0 Å². The van der Waals surface area contributed by atoms with E-state index in [4.69, 9.17) is 5.73 Å². The zero-order valence-corrected chi connectivity index (χ0v) is 12.3. The highest BCUT2D eigenvalue weighted by molar-refractivity contribution is 5.92. The molecule has 0 saturated carbocycles. The Hall–Kier alpha value is -2.50. The summed E-state index contributed by atoms with van der Waals surface area (Å²) < 4.78 is 6.40. The van der Waals surface area contributed by atoms with Crippen LogP contribution in [0, 0.1) is 0 Å². The summed E-state index contributed by atoms with van der Waals surface area (Å²) in [5, 5.41) is 0. The molecule has 1 heterocycles. The van der Waals surface area contributed by atoms with Gasteiger partial charge in [0.25, 0.3) is 0 Å².